The minimum atomic E-state index is -0.786. The van der Waals surface area contributed by atoms with E-state index in [1.807, 2.05) is 18.2 Å². The van der Waals surface area contributed by atoms with Crippen LogP contribution in [0.15, 0.2) is 72.9 Å². The molecule has 0 aromatic carbocycles. The molecule has 0 aliphatic carbocycles. The van der Waals surface area contributed by atoms with E-state index in [2.05, 4.69) is 75.5 Å². The van der Waals surface area contributed by atoms with Crippen LogP contribution in [-0.4, -0.2) is 37.2 Å². The highest BCUT2D eigenvalue weighted by molar-refractivity contribution is 5.71. The molecule has 0 saturated heterocycles. The molecule has 0 rings (SSSR count). The maximum atomic E-state index is 12.7. The van der Waals surface area contributed by atoms with Gasteiger partial charge in [0.1, 0.15) is 13.2 Å². The fourth-order valence-electron chi connectivity index (χ4n) is 6.49. The van der Waals surface area contributed by atoms with Crippen molar-refractivity contribution >= 4 is 17.9 Å². The number of hydrogen-bond donors (Lipinski definition) is 0. The molecule has 0 aromatic rings. The molecule has 0 bridgehead atoms. The molecule has 0 aliphatic heterocycles. The van der Waals surface area contributed by atoms with E-state index in [4.69, 9.17) is 14.2 Å². The third kappa shape index (κ3) is 44.0. The van der Waals surface area contributed by atoms with Crippen LogP contribution in [0.4, 0.5) is 0 Å². The SMILES string of the molecule is CC\C=C/C=C\C=C/C=C\CCCCCCCC(=O)OCC(COC(=O)CCCCCCCCCCCCC)OC(=O)CCCCCCCCC/C=C\C/C=C\CC. The predicted molar refractivity (Wildman–Crippen MR) is 247 cm³/mol. The van der Waals surface area contributed by atoms with E-state index in [0.29, 0.717) is 19.3 Å². The molecule has 58 heavy (non-hydrogen) atoms. The van der Waals surface area contributed by atoms with E-state index in [1.165, 1.54) is 77.0 Å². The quantitative estimate of drug-likeness (QED) is 0.0201. The zero-order valence-electron chi connectivity index (χ0n) is 37.8. The molecule has 1 atom stereocenters. The van der Waals surface area contributed by atoms with Crippen molar-refractivity contribution < 1.29 is 28.6 Å². The predicted octanol–water partition coefficient (Wildman–Crippen LogP) is 15.5. The van der Waals surface area contributed by atoms with Crippen LogP contribution in [0.1, 0.15) is 220 Å². The van der Waals surface area contributed by atoms with Crippen LogP contribution in [0, 0.1) is 0 Å². The Morgan fingerprint density at radius 1 is 0.379 bits per heavy atom. The van der Waals surface area contributed by atoms with Gasteiger partial charge in [-0.25, -0.2) is 0 Å². The van der Waals surface area contributed by atoms with Gasteiger partial charge in [-0.1, -0.05) is 209 Å². The van der Waals surface area contributed by atoms with Gasteiger partial charge in [-0.3, -0.25) is 14.4 Å². The number of unbranched alkanes of at least 4 members (excludes halogenated alkanes) is 22. The summed E-state index contributed by atoms with van der Waals surface area (Å²) in [4.78, 5) is 37.8. The van der Waals surface area contributed by atoms with Crippen LogP contribution in [0.3, 0.4) is 0 Å². The highest BCUT2D eigenvalue weighted by Gasteiger charge is 2.19. The van der Waals surface area contributed by atoms with Crippen molar-refractivity contribution in [3.63, 3.8) is 0 Å². The lowest BCUT2D eigenvalue weighted by atomic mass is 10.1. The van der Waals surface area contributed by atoms with Gasteiger partial charge in [0.15, 0.2) is 6.10 Å². The number of esters is 3. The van der Waals surface area contributed by atoms with Gasteiger partial charge in [-0.15, -0.1) is 0 Å². The monoisotopic (exact) mass is 809 g/mol. The Hall–Kier alpha value is -3.15. The molecule has 1 unspecified atom stereocenters. The first-order chi connectivity index (χ1) is 28.5. The van der Waals surface area contributed by atoms with Gasteiger partial charge >= 0.3 is 17.9 Å². The Kier molecular flexibility index (Phi) is 44.0. The van der Waals surface area contributed by atoms with Gasteiger partial charge < -0.3 is 14.2 Å². The molecular weight excluding hydrogens is 721 g/mol. The Morgan fingerprint density at radius 3 is 1.24 bits per heavy atom. The summed E-state index contributed by atoms with van der Waals surface area (Å²) in [6.45, 7) is 6.35. The Bertz CT molecular complexity index is 1110. The maximum Gasteiger partial charge on any atom is 0.306 e. The summed E-state index contributed by atoms with van der Waals surface area (Å²) < 4.78 is 16.7. The molecule has 0 N–H and O–H groups in total. The minimum absolute atomic E-state index is 0.0856. The smallest absolute Gasteiger partial charge is 0.306 e. The average molecular weight is 809 g/mol. The fourth-order valence-corrected chi connectivity index (χ4v) is 6.49. The van der Waals surface area contributed by atoms with Gasteiger partial charge in [0.2, 0.25) is 0 Å². The summed E-state index contributed by atoms with van der Waals surface area (Å²) in [7, 11) is 0. The molecule has 6 nitrogen and oxygen atoms in total. The largest absolute Gasteiger partial charge is 0.462 e. The van der Waals surface area contributed by atoms with E-state index in [9.17, 15) is 14.4 Å². The Balaban J connectivity index is 4.43. The van der Waals surface area contributed by atoms with Crippen molar-refractivity contribution in [3.8, 4) is 0 Å². The topological polar surface area (TPSA) is 78.9 Å². The van der Waals surface area contributed by atoms with Gasteiger partial charge in [0.25, 0.3) is 0 Å². The number of allylic oxidation sites excluding steroid dienone is 12. The normalized spacial score (nSPS) is 12.7. The summed E-state index contributed by atoms with van der Waals surface area (Å²) in [5, 5.41) is 0. The first-order valence-electron chi connectivity index (χ1n) is 24.0. The summed E-state index contributed by atoms with van der Waals surface area (Å²) in [5.74, 6) is -0.920. The van der Waals surface area contributed by atoms with E-state index in [0.717, 1.165) is 103 Å². The third-order valence-corrected chi connectivity index (χ3v) is 10.1. The standard InChI is InChI=1S/C52H88O6/c1-4-7-10-13-16-19-22-24-26-28-30-33-36-39-42-45-51(54)57-48-49(47-56-50(53)44-41-38-35-32-29-21-18-15-12-9-6-3)58-52(55)46-43-40-37-34-31-27-25-23-20-17-14-11-8-5-2/h7-8,10-11,13,16-17,19-20,22,24,26,49H,4-6,9,12,14-15,18,21,23,25,27-48H2,1-3H3/b10-7-,11-8-,16-13-,20-17-,22-19-,26-24-. The van der Waals surface area contributed by atoms with Crippen LogP contribution in [0.5, 0.6) is 0 Å². The van der Waals surface area contributed by atoms with E-state index in [1.54, 1.807) is 0 Å². The Morgan fingerprint density at radius 2 is 0.759 bits per heavy atom. The molecule has 332 valence electrons. The zero-order chi connectivity index (χ0) is 42.3. The van der Waals surface area contributed by atoms with Gasteiger partial charge in [0.05, 0.1) is 0 Å². The molecule has 0 aliphatic rings. The fraction of sp³-hybridized carbons (Fsp3) is 0.712. The number of carbonyl (C=O) groups is 3. The molecule has 0 heterocycles. The van der Waals surface area contributed by atoms with Crippen molar-refractivity contribution in [2.45, 2.75) is 226 Å². The summed E-state index contributed by atoms with van der Waals surface area (Å²) in [5.41, 5.74) is 0. The molecule has 0 radical (unpaired) electrons. The second-order valence-electron chi connectivity index (χ2n) is 15.7. The number of ether oxygens (including phenoxy) is 3. The van der Waals surface area contributed by atoms with Crippen molar-refractivity contribution in [2.24, 2.45) is 0 Å². The molecule has 0 saturated carbocycles. The van der Waals surface area contributed by atoms with Crippen LogP contribution in [0.25, 0.3) is 0 Å². The van der Waals surface area contributed by atoms with Crippen LogP contribution >= 0.6 is 0 Å². The molecule has 0 fully saturated rings. The molecular formula is C52H88O6. The molecule has 0 spiro atoms. The lowest BCUT2D eigenvalue weighted by Crippen LogP contribution is -2.30. The van der Waals surface area contributed by atoms with Crippen molar-refractivity contribution in [1.29, 1.82) is 0 Å². The number of rotatable bonds is 42. The van der Waals surface area contributed by atoms with Gasteiger partial charge in [-0.05, 0) is 64.2 Å². The second-order valence-corrected chi connectivity index (χ2v) is 15.7. The third-order valence-electron chi connectivity index (χ3n) is 10.1. The maximum absolute atomic E-state index is 12.7. The molecule has 6 heteroatoms. The summed E-state index contributed by atoms with van der Waals surface area (Å²) in [6.07, 6.45) is 57.3. The second kappa shape index (κ2) is 46.5. The average Bonchev–Trinajstić information content (AvgIpc) is 3.22. The van der Waals surface area contributed by atoms with E-state index < -0.39 is 6.10 Å². The van der Waals surface area contributed by atoms with E-state index in [-0.39, 0.29) is 31.1 Å². The first kappa shape index (κ1) is 54.9. The van der Waals surface area contributed by atoms with Crippen molar-refractivity contribution in [1.82, 2.24) is 0 Å². The summed E-state index contributed by atoms with van der Waals surface area (Å²) >= 11 is 0. The van der Waals surface area contributed by atoms with Crippen LogP contribution in [0.2, 0.25) is 0 Å². The van der Waals surface area contributed by atoms with E-state index >= 15 is 0 Å². The highest BCUT2D eigenvalue weighted by Crippen LogP contribution is 2.14. The molecule has 0 amide bonds. The van der Waals surface area contributed by atoms with Crippen LogP contribution < -0.4 is 0 Å². The number of carbonyl (C=O) groups excluding carboxylic acids is 3. The first-order valence-corrected chi connectivity index (χ1v) is 24.0. The van der Waals surface area contributed by atoms with Crippen molar-refractivity contribution in [2.75, 3.05) is 13.2 Å². The van der Waals surface area contributed by atoms with Crippen molar-refractivity contribution in [3.05, 3.63) is 72.9 Å². The molecule has 0 aromatic heterocycles. The number of hydrogen-bond acceptors (Lipinski definition) is 6. The summed E-state index contributed by atoms with van der Waals surface area (Å²) in [6, 6.07) is 0. The van der Waals surface area contributed by atoms with Crippen LogP contribution in [-0.2, 0) is 28.6 Å². The Labute approximate surface area is 357 Å². The lowest BCUT2D eigenvalue weighted by Gasteiger charge is -2.18. The highest BCUT2D eigenvalue weighted by atomic mass is 16.6. The van der Waals surface area contributed by atoms with Gasteiger partial charge in [-0.2, -0.15) is 0 Å². The lowest BCUT2D eigenvalue weighted by molar-refractivity contribution is -0.167. The zero-order valence-corrected chi connectivity index (χ0v) is 37.8. The van der Waals surface area contributed by atoms with Gasteiger partial charge in [0, 0.05) is 19.3 Å². The minimum Gasteiger partial charge on any atom is -0.462 e.